The number of nitrogens with zero attached hydrogens (tertiary/aromatic N) is 3. The number of hydrogen-bond donors (Lipinski definition) is 2. The summed E-state index contributed by atoms with van der Waals surface area (Å²) in [6.45, 7) is 4.78. The molecule has 0 radical (unpaired) electrons. The molecule has 6 nitrogen and oxygen atoms in total. The molecule has 1 amide bonds. The highest BCUT2D eigenvalue weighted by molar-refractivity contribution is 14.0. The Morgan fingerprint density at radius 2 is 2.17 bits per heavy atom. The fourth-order valence-electron chi connectivity index (χ4n) is 2.87. The zero-order chi connectivity index (χ0) is 16.7. The van der Waals surface area contributed by atoms with E-state index in [-0.39, 0.29) is 29.9 Å². The van der Waals surface area contributed by atoms with E-state index in [1.165, 1.54) is 0 Å². The number of rotatable bonds is 5. The number of amides is 1. The summed E-state index contributed by atoms with van der Waals surface area (Å²) in [6.07, 6.45) is 3.63. The van der Waals surface area contributed by atoms with E-state index >= 15 is 0 Å². The second-order valence-corrected chi connectivity index (χ2v) is 6.95. The molecule has 136 valence electrons. The third-order valence-electron chi connectivity index (χ3n) is 4.21. The van der Waals surface area contributed by atoms with Crippen LogP contribution in [0.2, 0.25) is 0 Å². The quantitative estimate of drug-likeness (QED) is 0.397. The average Bonchev–Trinajstić information content (AvgIpc) is 2.98. The van der Waals surface area contributed by atoms with Crippen molar-refractivity contribution in [3.05, 3.63) is 16.1 Å². The van der Waals surface area contributed by atoms with Crippen molar-refractivity contribution in [1.82, 2.24) is 20.5 Å². The van der Waals surface area contributed by atoms with Crippen molar-refractivity contribution in [3.8, 4) is 0 Å². The molecule has 0 bridgehead atoms. The lowest BCUT2D eigenvalue weighted by atomic mass is 9.93. The minimum atomic E-state index is 0. The molecule has 2 rings (SSSR count). The topological polar surface area (TPSA) is 69.6 Å². The molecule has 1 aliphatic rings. The van der Waals surface area contributed by atoms with Crippen LogP contribution in [0.15, 0.2) is 10.4 Å². The lowest BCUT2D eigenvalue weighted by Crippen LogP contribution is -2.46. The number of piperidine rings is 1. The lowest BCUT2D eigenvalue weighted by molar-refractivity contribution is -0.121. The van der Waals surface area contributed by atoms with Crippen molar-refractivity contribution in [2.45, 2.75) is 32.6 Å². The summed E-state index contributed by atoms with van der Waals surface area (Å²) in [5.41, 5.74) is 1.14. The molecular weight excluding hydrogens is 437 g/mol. The highest BCUT2D eigenvalue weighted by atomic mass is 127. The fraction of sp³-hybridized carbons (Fsp3) is 0.688. The number of aryl methyl sites for hydroxylation is 1. The van der Waals surface area contributed by atoms with E-state index in [1.807, 2.05) is 14.0 Å². The van der Waals surface area contributed by atoms with Crippen molar-refractivity contribution in [3.63, 3.8) is 0 Å². The number of carbonyl (C=O) groups is 1. The average molecular weight is 465 g/mol. The smallest absolute Gasteiger partial charge is 0.220 e. The standard InChI is InChI=1S/C16H27N5OS.HI/c1-12-20-14(11-23-12)4-7-19-16(18-3)21-8-5-13(6-9-21)10-15(22)17-2;/h11,13H,4-10H2,1-3H3,(H,17,22)(H,18,19);1H. The van der Waals surface area contributed by atoms with Gasteiger partial charge in [-0.05, 0) is 25.7 Å². The Labute approximate surface area is 165 Å². The third-order valence-corrected chi connectivity index (χ3v) is 5.03. The SMILES string of the molecule is CN=C(NCCc1csc(C)n1)N1CCC(CC(=O)NC)CC1.I. The molecule has 0 atom stereocenters. The Morgan fingerprint density at radius 1 is 1.46 bits per heavy atom. The van der Waals surface area contributed by atoms with Gasteiger partial charge in [-0.3, -0.25) is 9.79 Å². The van der Waals surface area contributed by atoms with Crippen LogP contribution >= 0.6 is 35.3 Å². The fourth-order valence-corrected chi connectivity index (χ4v) is 3.52. The van der Waals surface area contributed by atoms with Crippen LogP contribution in [0.25, 0.3) is 0 Å². The molecule has 1 aromatic rings. The molecule has 1 aliphatic heterocycles. The first-order chi connectivity index (χ1) is 11.1. The Kier molecular flexibility index (Phi) is 9.57. The van der Waals surface area contributed by atoms with Gasteiger partial charge in [-0.25, -0.2) is 4.98 Å². The minimum Gasteiger partial charge on any atom is -0.359 e. The minimum absolute atomic E-state index is 0. The van der Waals surface area contributed by atoms with Crippen LogP contribution in [0.1, 0.15) is 30.0 Å². The molecule has 2 heterocycles. The summed E-state index contributed by atoms with van der Waals surface area (Å²) in [6, 6.07) is 0. The zero-order valence-electron chi connectivity index (χ0n) is 14.7. The van der Waals surface area contributed by atoms with Crippen molar-refractivity contribution in [1.29, 1.82) is 0 Å². The number of nitrogens with one attached hydrogen (secondary N) is 2. The van der Waals surface area contributed by atoms with E-state index < -0.39 is 0 Å². The van der Waals surface area contributed by atoms with E-state index in [4.69, 9.17) is 0 Å². The Bertz CT molecular complexity index is 540. The number of thiazole rings is 1. The Balaban J connectivity index is 0.00000288. The first-order valence-electron chi connectivity index (χ1n) is 8.19. The molecule has 0 spiro atoms. The van der Waals surface area contributed by atoms with Crippen LogP contribution in [0, 0.1) is 12.8 Å². The molecule has 0 saturated carbocycles. The van der Waals surface area contributed by atoms with Crippen LogP contribution in [-0.2, 0) is 11.2 Å². The number of likely N-dealkylation sites (tertiary alicyclic amines) is 1. The maximum absolute atomic E-state index is 11.5. The van der Waals surface area contributed by atoms with Crippen molar-refractivity contribution >= 4 is 47.2 Å². The number of hydrogen-bond acceptors (Lipinski definition) is 4. The predicted molar refractivity (Wildman–Crippen MR) is 110 cm³/mol. The lowest BCUT2D eigenvalue weighted by Gasteiger charge is -2.34. The molecule has 1 aromatic heterocycles. The molecule has 0 aliphatic carbocycles. The second-order valence-electron chi connectivity index (χ2n) is 5.89. The van der Waals surface area contributed by atoms with E-state index in [1.54, 1.807) is 18.4 Å². The largest absolute Gasteiger partial charge is 0.359 e. The number of halogens is 1. The highest BCUT2D eigenvalue weighted by Gasteiger charge is 2.22. The first kappa shape index (κ1) is 21.1. The van der Waals surface area contributed by atoms with Crippen molar-refractivity contribution < 1.29 is 4.79 Å². The zero-order valence-corrected chi connectivity index (χ0v) is 17.8. The molecule has 0 unspecified atom stereocenters. The molecule has 1 saturated heterocycles. The summed E-state index contributed by atoms with van der Waals surface area (Å²) in [7, 11) is 3.53. The molecule has 24 heavy (non-hydrogen) atoms. The van der Waals surface area contributed by atoms with Gasteiger partial charge in [-0.2, -0.15) is 0 Å². The highest BCUT2D eigenvalue weighted by Crippen LogP contribution is 2.20. The predicted octanol–water partition coefficient (Wildman–Crippen LogP) is 2.04. The van der Waals surface area contributed by atoms with Crippen LogP contribution in [-0.4, -0.2) is 55.5 Å². The maximum atomic E-state index is 11.5. The number of aliphatic imine (C=N–C) groups is 1. The van der Waals surface area contributed by atoms with Gasteiger partial charge < -0.3 is 15.5 Å². The van der Waals surface area contributed by atoms with Gasteiger partial charge in [0.05, 0.1) is 10.7 Å². The number of aromatic nitrogens is 1. The summed E-state index contributed by atoms with van der Waals surface area (Å²) in [5.74, 6) is 1.59. The summed E-state index contributed by atoms with van der Waals surface area (Å²) < 4.78 is 0. The van der Waals surface area contributed by atoms with E-state index in [2.05, 4.69) is 30.9 Å². The van der Waals surface area contributed by atoms with Gasteiger partial charge in [0.2, 0.25) is 5.91 Å². The van der Waals surface area contributed by atoms with Gasteiger partial charge in [-0.1, -0.05) is 0 Å². The van der Waals surface area contributed by atoms with Crippen molar-refractivity contribution in [2.24, 2.45) is 10.9 Å². The van der Waals surface area contributed by atoms with Crippen LogP contribution < -0.4 is 10.6 Å². The normalized spacial score (nSPS) is 15.8. The molecule has 2 N–H and O–H groups in total. The van der Waals surface area contributed by atoms with Gasteiger partial charge in [0, 0.05) is 52.0 Å². The van der Waals surface area contributed by atoms with E-state index in [0.29, 0.717) is 12.3 Å². The molecule has 8 heteroatoms. The summed E-state index contributed by atoms with van der Waals surface area (Å²) in [4.78, 5) is 22.6. The Hall–Kier alpha value is -0.900. The van der Waals surface area contributed by atoms with E-state index in [9.17, 15) is 4.79 Å². The number of carbonyl (C=O) groups excluding carboxylic acids is 1. The first-order valence-corrected chi connectivity index (χ1v) is 9.07. The van der Waals surface area contributed by atoms with Gasteiger partial charge in [0.1, 0.15) is 0 Å². The third kappa shape index (κ3) is 6.54. The van der Waals surface area contributed by atoms with Crippen LogP contribution in [0.5, 0.6) is 0 Å². The summed E-state index contributed by atoms with van der Waals surface area (Å²) >= 11 is 1.69. The molecule has 1 fully saturated rings. The van der Waals surface area contributed by atoms with E-state index in [0.717, 1.165) is 55.6 Å². The van der Waals surface area contributed by atoms with Crippen LogP contribution in [0.4, 0.5) is 0 Å². The van der Waals surface area contributed by atoms with Gasteiger partial charge >= 0.3 is 0 Å². The summed E-state index contributed by atoms with van der Waals surface area (Å²) in [5, 5.41) is 9.36. The molecular formula is C16H28IN5OS. The van der Waals surface area contributed by atoms with Crippen LogP contribution in [0.3, 0.4) is 0 Å². The Morgan fingerprint density at radius 3 is 2.71 bits per heavy atom. The monoisotopic (exact) mass is 465 g/mol. The van der Waals surface area contributed by atoms with Crippen molar-refractivity contribution in [2.75, 3.05) is 33.7 Å². The van der Waals surface area contributed by atoms with Gasteiger partial charge in [0.15, 0.2) is 5.96 Å². The molecule has 0 aromatic carbocycles. The van der Waals surface area contributed by atoms with Gasteiger partial charge in [0.25, 0.3) is 0 Å². The van der Waals surface area contributed by atoms with Gasteiger partial charge in [-0.15, -0.1) is 35.3 Å². The number of guanidine groups is 1. The second kappa shape index (κ2) is 10.9. The maximum Gasteiger partial charge on any atom is 0.220 e.